The van der Waals surface area contributed by atoms with Crippen molar-refractivity contribution < 1.29 is 14.3 Å². The van der Waals surface area contributed by atoms with E-state index in [4.69, 9.17) is 9.47 Å². The monoisotopic (exact) mass is 288 g/mol. The average molecular weight is 288 g/mol. The Hall–Kier alpha value is -2.29. The van der Waals surface area contributed by atoms with E-state index in [1.54, 1.807) is 31.6 Å². The molecule has 0 heterocycles. The topological polar surface area (TPSA) is 35.5 Å². The molecule has 3 heteroatoms. The van der Waals surface area contributed by atoms with Crippen LogP contribution in [0.1, 0.15) is 20.8 Å². The Bertz CT molecular complexity index is 489. The fourth-order valence-electron chi connectivity index (χ4n) is 1.73. The largest absolute Gasteiger partial charge is 0.504 e. The van der Waals surface area contributed by atoms with Crippen molar-refractivity contribution in [1.82, 2.24) is 0 Å². The first kappa shape index (κ1) is 18.7. The summed E-state index contributed by atoms with van der Waals surface area (Å²) in [5, 5.41) is 0. The van der Waals surface area contributed by atoms with Crippen LogP contribution in [-0.4, -0.2) is 13.1 Å². The fourth-order valence-corrected chi connectivity index (χ4v) is 1.73. The van der Waals surface area contributed by atoms with Gasteiger partial charge < -0.3 is 9.47 Å². The number of methoxy groups -OCH3 is 1. The third-order valence-corrected chi connectivity index (χ3v) is 2.96. The quantitative estimate of drug-likeness (QED) is 0.375. The summed E-state index contributed by atoms with van der Waals surface area (Å²) >= 11 is 0. The summed E-state index contributed by atoms with van der Waals surface area (Å²) < 4.78 is 9.64. The number of hydrogen-bond donors (Lipinski definition) is 0. The molecule has 0 unspecified atom stereocenters. The van der Waals surface area contributed by atoms with E-state index in [1.165, 1.54) is 13.2 Å². The lowest BCUT2D eigenvalue weighted by molar-refractivity contribution is -0.135. The predicted molar refractivity (Wildman–Crippen MR) is 87.4 cm³/mol. The Kier molecular flexibility index (Phi) is 8.54. The van der Waals surface area contributed by atoms with E-state index in [2.05, 4.69) is 27.0 Å². The van der Waals surface area contributed by atoms with Crippen LogP contribution in [0.25, 0.3) is 0 Å². The molecule has 0 saturated heterocycles. The minimum absolute atomic E-state index is 0.290. The molecule has 0 bridgehead atoms. The summed E-state index contributed by atoms with van der Waals surface area (Å²) in [6, 6.07) is 0. The van der Waals surface area contributed by atoms with Gasteiger partial charge in [0, 0.05) is 12.3 Å². The first-order valence-electron chi connectivity index (χ1n) is 6.59. The summed E-state index contributed by atoms with van der Waals surface area (Å²) in [6.07, 6.45) is 13.8. The van der Waals surface area contributed by atoms with Gasteiger partial charge in [-0.3, -0.25) is 4.79 Å². The Balaban J connectivity index is 5.33. The SMILES string of the molecule is C=C/C(=C\C=C\OC)C(C)(C)/C(C=C)=C/C=C/OC(C)=O. The first-order chi connectivity index (χ1) is 9.89. The standard InChI is InChI=1S/C18H24O3/c1-7-16(11-9-13-20-6)18(4,5)17(8-2)12-10-14-21-15(3)19/h7-14H,1-2H2,3-6H3/b13-9+,14-10+,16-11+,17-12+. The maximum atomic E-state index is 10.7. The van der Waals surface area contributed by atoms with Crippen LogP contribution >= 0.6 is 0 Å². The normalized spacial score (nSPS) is 13.5. The second-order valence-electron chi connectivity index (χ2n) is 4.78. The number of allylic oxidation sites excluding steroid dienone is 8. The fraction of sp³-hybridized carbons (Fsp3) is 0.278. The van der Waals surface area contributed by atoms with Crippen LogP contribution < -0.4 is 0 Å². The molecule has 0 amide bonds. The van der Waals surface area contributed by atoms with Crippen LogP contribution in [-0.2, 0) is 14.3 Å². The Morgan fingerprint density at radius 2 is 1.48 bits per heavy atom. The minimum atomic E-state index is -0.351. The predicted octanol–water partition coefficient (Wildman–Crippen LogP) is 4.47. The number of carbonyl (C=O) groups excluding carboxylic acids is 1. The summed E-state index contributed by atoms with van der Waals surface area (Å²) in [5.74, 6) is -0.351. The average Bonchev–Trinajstić information content (AvgIpc) is 2.42. The van der Waals surface area contributed by atoms with Crippen molar-refractivity contribution >= 4 is 5.97 Å². The molecule has 3 nitrogen and oxygen atoms in total. The van der Waals surface area contributed by atoms with Gasteiger partial charge in [-0.15, -0.1) is 0 Å². The molecule has 0 saturated carbocycles. The second-order valence-corrected chi connectivity index (χ2v) is 4.78. The molecule has 0 aliphatic carbocycles. The number of esters is 1. The highest BCUT2D eigenvalue weighted by Crippen LogP contribution is 2.36. The lowest BCUT2D eigenvalue weighted by atomic mass is 9.76. The molecule has 0 spiro atoms. The van der Waals surface area contributed by atoms with Gasteiger partial charge in [-0.1, -0.05) is 51.3 Å². The molecule has 0 aromatic rings. The molecule has 0 atom stereocenters. The van der Waals surface area contributed by atoms with E-state index in [0.29, 0.717) is 0 Å². The molecule has 0 aromatic carbocycles. The summed E-state index contributed by atoms with van der Waals surface area (Å²) in [7, 11) is 1.60. The number of rotatable bonds is 8. The van der Waals surface area contributed by atoms with Gasteiger partial charge in [0.2, 0.25) is 0 Å². The Labute approximate surface area is 127 Å². The van der Waals surface area contributed by atoms with Gasteiger partial charge in [0.1, 0.15) is 0 Å². The van der Waals surface area contributed by atoms with E-state index >= 15 is 0 Å². The van der Waals surface area contributed by atoms with Crippen molar-refractivity contribution in [2.24, 2.45) is 5.41 Å². The summed E-state index contributed by atoms with van der Waals surface area (Å²) in [6.45, 7) is 13.2. The lowest BCUT2D eigenvalue weighted by Crippen LogP contribution is -2.15. The van der Waals surface area contributed by atoms with E-state index < -0.39 is 0 Å². The highest BCUT2D eigenvalue weighted by atomic mass is 16.5. The number of carbonyl (C=O) groups is 1. The van der Waals surface area contributed by atoms with Gasteiger partial charge in [0.15, 0.2) is 0 Å². The zero-order chi connectivity index (χ0) is 16.3. The summed E-state index contributed by atoms with van der Waals surface area (Å²) in [4.78, 5) is 10.7. The van der Waals surface area contributed by atoms with Gasteiger partial charge in [-0.05, 0) is 23.3 Å². The van der Waals surface area contributed by atoms with Gasteiger partial charge in [0.05, 0.1) is 19.6 Å². The van der Waals surface area contributed by atoms with Crippen LogP contribution in [0, 0.1) is 5.41 Å². The van der Waals surface area contributed by atoms with E-state index in [1.807, 2.05) is 18.2 Å². The molecule has 0 fully saturated rings. The molecule has 0 aliphatic rings. The van der Waals surface area contributed by atoms with Crippen LogP contribution in [0.3, 0.4) is 0 Å². The Morgan fingerprint density at radius 3 is 1.86 bits per heavy atom. The molecule has 0 aliphatic heterocycles. The number of hydrogen-bond acceptors (Lipinski definition) is 3. The van der Waals surface area contributed by atoms with Gasteiger partial charge in [0.25, 0.3) is 0 Å². The van der Waals surface area contributed by atoms with Gasteiger partial charge >= 0.3 is 5.97 Å². The second kappa shape index (κ2) is 9.59. The third-order valence-electron chi connectivity index (χ3n) is 2.96. The molecule has 0 radical (unpaired) electrons. The summed E-state index contributed by atoms with van der Waals surface area (Å²) in [5.41, 5.74) is 1.70. The lowest BCUT2D eigenvalue weighted by Gasteiger charge is -2.27. The maximum Gasteiger partial charge on any atom is 0.307 e. The molecule has 21 heavy (non-hydrogen) atoms. The molecule has 0 rings (SSSR count). The van der Waals surface area contributed by atoms with Crippen molar-refractivity contribution in [3.05, 3.63) is 73.3 Å². The van der Waals surface area contributed by atoms with Crippen LogP contribution in [0.2, 0.25) is 0 Å². The zero-order valence-corrected chi connectivity index (χ0v) is 13.3. The van der Waals surface area contributed by atoms with Crippen molar-refractivity contribution in [2.75, 3.05) is 7.11 Å². The van der Waals surface area contributed by atoms with Crippen molar-refractivity contribution in [2.45, 2.75) is 20.8 Å². The highest BCUT2D eigenvalue weighted by molar-refractivity contribution is 5.66. The maximum absolute atomic E-state index is 10.7. The third kappa shape index (κ3) is 6.61. The molecule has 0 aromatic heterocycles. The van der Waals surface area contributed by atoms with Crippen molar-refractivity contribution in [3.63, 3.8) is 0 Å². The van der Waals surface area contributed by atoms with Crippen molar-refractivity contribution in [1.29, 1.82) is 0 Å². The van der Waals surface area contributed by atoms with E-state index in [0.717, 1.165) is 11.1 Å². The van der Waals surface area contributed by atoms with E-state index in [9.17, 15) is 4.79 Å². The highest BCUT2D eigenvalue weighted by Gasteiger charge is 2.23. The molecular formula is C18H24O3. The van der Waals surface area contributed by atoms with Gasteiger partial charge in [-0.25, -0.2) is 0 Å². The van der Waals surface area contributed by atoms with Crippen molar-refractivity contribution in [3.8, 4) is 0 Å². The minimum Gasteiger partial charge on any atom is -0.504 e. The van der Waals surface area contributed by atoms with Gasteiger partial charge in [-0.2, -0.15) is 0 Å². The van der Waals surface area contributed by atoms with Crippen LogP contribution in [0.4, 0.5) is 0 Å². The molecule has 0 N–H and O–H groups in total. The molecule has 114 valence electrons. The smallest absolute Gasteiger partial charge is 0.307 e. The Morgan fingerprint density at radius 1 is 1.00 bits per heavy atom. The zero-order valence-electron chi connectivity index (χ0n) is 13.3. The van der Waals surface area contributed by atoms with E-state index in [-0.39, 0.29) is 11.4 Å². The van der Waals surface area contributed by atoms with Crippen LogP contribution in [0.15, 0.2) is 73.3 Å². The molecular weight excluding hydrogens is 264 g/mol. The van der Waals surface area contributed by atoms with Crippen LogP contribution in [0.5, 0.6) is 0 Å². The number of ether oxygens (including phenoxy) is 2. The first-order valence-corrected chi connectivity index (χ1v) is 6.59.